The van der Waals surface area contributed by atoms with Gasteiger partial charge in [0.05, 0.1) is 16.7 Å². The van der Waals surface area contributed by atoms with Crippen molar-refractivity contribution in [1.29, 1.82) is 0 Å². The first kappa shape index (κ1) is 22.4. The van der Waals surface area contributed by atoms with Crippen molar-refractivity contribution in [2.75, 3.05) is 23.7 Å². The molecule has 0 aliphatic carbocycles. The van der Waals surface area contributed by atoms with Gasteiger partial charge in [-0.2, -0.15) is 4.98 Å². The maximum atomic E-state index is 12.2. The van der Waals surface area contributed by atoms with Gasteiger partial charge in [-0.1, -0.05) is 24.3 Å². The minimum absolute atomic E-state index is 0.152. The van der Waals surface area contributed by atoms with Crippen LogP contribution in [-0.2, 0) is 4.79 Å². The first-order valence-corrected chi connectivity index (χ1v) is 11.5. The summed E-state index contributed by atoms with van der Waals surface area (Å²) in [6.07, 6.45) is 0.241. The van der Waals surface area contributed by atoms with Gasteiger partial charge in [0.2, 0.25) is 5.91 Å². The SMILES string of the molecule is CCNc1nc2ccc(-c3cc(=Nc4ccccc4NC(=O)CCN)c4ccccc4o3)cc2o1. The lowest BCUT2D eigenvalue weighted by molar-refractivity contribution is -0.116. The number of amides is 1. The smallest absolute Gasteiger partial charge is 0.295 e. The topological polar surface area (TPSA) is 119 Å². The lowest BCUT2D eigenvalue weighted by atomic mass is 10.1. The summed E-state index contributed by atoms with van der Waals surface area (Å²) in [7, 11) is 0. The fraction of sp³-hybridized carbons (Fsp3) is 0.148. The molecule has 0 spiro atoms. The Morgan fingerprint density at radius 1 is 1.00 bits per heavy atom. The standard InChI is InChI=1S/C27H25N5O3/c1-2-29-27-32-21-12-11-17(15-25(21)35-27)24-16-22(18-7-3-6-10-23(18)34-24)30-19-8-4-5-9-20(19)31-26(33)13-14-28/h3-12,15-16H,2,13-14,28H2,1H3,(H,29,32)(H,31,33). The number of anilines is 2. The zero-order valence-corrected chi connectivity index (χ0v) is 19.2. The van der Waals surface area contributed by atoms with E-state index < -0.39 is 0 Å². The predicted molar refractivity (Wildman–Crippen MR) is 137 cm³/mol. The Morgan fingerprint density at radius 3 is 2.69 bits per heavy atom. The lowest BCUT2D eigenvalue weighted by Gasteiger charge is -2.08. The summed E-state index contributed by atoms with van der Waals surface area (Å²) in [6, 6.07) is 23.3. The van der Waals surface area contributed by atoms with Crippen LogP contribution < -0.4 is 21.7 Å². The van der Waals surface area contributed by atoms with Gasteiger partial charge in [0, 0.05) is 36.5 Å². The molecule has 2 aromatic heterocycles. The number of benzene rings is 3. The molecule has 2 heterocycles. The average Bonchev–Trinajstić information content (AvgIpc) is 3.27. The van der Waals surface area contributed by atoms with Crippen LogP contribution in [0.2, 0.25) is 0 Å². The second-order valence-corrected chi connectivity index (χ2v) is 7.94. The molecule has 0 bridgehead atoms. The molecule has 3 aromatic carbocycles. The molecule has 8 nitrogen and oxygen atoms in total. The molecule has 0 saturated carbocycles. The van der Waals surface area contributed by atoms with Crippen molar-refractivity contribution in [1.82, 2.24) is 4.98 Å². The van der Waals surface area contributed by atoms with Crippen LogP contribution in [0.3, 0.4) is 0 Å². The third-order valence-corrected chi connectivity index (χ3v) is 5.44. The number of nitrogens with one attached hydrogen (secondary N) is 2. The molecule has 0 saturated heterocycles. The van der Waals surface area contributed by atoms with E-state index in [-0.39, 0.29) is 18.9 Å². The van der Waals surface area contributed by atoms with E-state index in [1.165, 1.54) is 0 Å². The van der Waals surface area contributed by atoms with Crippen LogP contribution in [0, 0.1) is 0 Å². The molecule has 0 atom stereocenters. The normalized spacial score (nSPS) is 11.8. The van der Waals surface area contributed by atoms with Gasteiger partial charge in [-0.05, 0) is 49.4 Å². The molecule has 5 aromatic rings. The number of oxazole rings is 1. The van der Waals surface area contributed by atoms with E-state index in [1.54, 1.807) is 0 Å². The number of nitrogens with two attached hydrogens (primary N) is 1. The molecule has 0 aliphatic rings. The number of aromatic nitrogens is 1. The Kier molecular flexibility index (Phi) is 6.28. The second-order valence-electron chi connectivity index (χ2n) is 7.94. The number of carbonyl (C=O) groups excluding carboxylic acids is 1. The van der Waals surface area contributed by atoms with Gasteiger partial charge < -0.3 is 25.2 Å². The van der Waals surface area contributed by atoms with Crippen molar-refractivity contribution in [3.05, 3.63) is 78.2 Å². The number of para-hydroxylation sites is 3. The maximum absolute atomic E-state index is 12.2. The molecular formula is C27H25N5O3. The van der Waals surface area contributed by atoms with E-state index in [4.69, 9.17) is 19.6 Å². The van der Waals surface area contributed by atoms with Crippen LogP contribution in [0.25, 0.3) is 33.4 Å². The number of hydrogen-bond acceptors (Lipinski definition) is 7. The van der Waals surface area contributed by atoms with Gasteiger partial charge in [-0.3, -0.25) is 4.79 Å². The average molecular weight is 468 g/mol. The van der Waals surface area contributed by atoms with Crippen LogP contribution in [0.5, 0.6) is 0 Å². The van der Waals surface area contributed by atoms with Crippen molar-refractivity contribution >= 4 is 45.4 Å². The van der Waals surface area contributed by atoms with E-state index >= 15 is 0 Å². The first-order valence-electron chi connectivity index (χ1n) is 11.5. The van der Waals surface area contributed by atoms with Gasteiger partial charge in [0.15, 0.2) is 5.58 Å². The minimum Gasteiger partial charge on any atom is -0.456 e. The molecule has 176 valence electrons. The van der Waals surface area contributed by atoms with E-state index in [0.717, 1.165) is 23.0 Å². The molecule has 0 radical (unpaired) electrons. The maximum Gasteiger partial charge on any atom is 0.295 e. The Labute approximate surface area is 201 Å². The Hall–Kier alpha value is -4.43. The Balaban J connectivity index is 1.64. The highest BCUT2D eigenvalue weighted by Gasteiger charge is 2.11. The van der Waals surface area contributed by atoms with Crippen LogP contribution in [-0.4, -0.2) is 24.0 Å². The molecule has 0 aliphatic heterocycles. The molecule has 0 fully saturated rings. The molecule has 4 N–H and O–H groups in total. The number of carbonyl (C=O) groups is 1. The molecule has 5 rings (SSSR count). The van der Waals surface area contributed by atoms with Crippen molar-refractivity contribution in [2.24, 2.45) is 10.7 Å². The second kappa shape index (κ2) is 9.82. The summed E-state index contributed by atoms with van der Waals surface area (Å²) < 4.78 is 12.1. The molecule has 1 amide bonds. The molecule has 35 heavy (non-hydrogen) atoms. The predicted octanol–water partition coefficient (Wildman–Crippen LogP) is 5.19. The summed E-state index contributed by atoms with van der Waals surface area (Å²) >= 11 is 0. The summed E-state index contributed by atoms with van der Waals surface area (Å²) in [5, 5.41) is 7.56. The first-order chi connectivity index (χ1) is 17.1. The summed E-state index contributed by atoms with van der Waals surface area (Å²) in [5.41, 5.74) is 9.74. The monoisotopic (exact) mass is 467 g/mol. The zero-order valence-electron chi connectivity index (χ0n) is 19.2. The quantitative estimate of drug-likeness (QED) is 0.303. The van der Waals surface area contributed by atoms with Crippen molar-refractivity contribution in [2.45, 2.75) is 13.3 Å². The molecule has 0 unspecified atom stereocenters. The van der Waals surface area contributed by atoms with Gasteiger partial charge in [0.1, 0.15) is 16.9 Å². The Morgan fingerprint density at radius 2 is 1.83 bits per heavy atom. The van der Waals surface area contributed by atoms with Crippen molar-refractivity contribution in [3.63, 3.8) is 0 Å². The molecule has 8 heteroatoms. The zero-order chi connectivity index (χ0) is 24.2. The van der Waals surface area contributed by atoms with Gasteiger partial charge in [-0.25, -0.2) is 4.99 Å². The summed E-state index contributed by atoms with van der Waals surface area (Å²) in [4.78, 5) is 21.5. The van der Waals surface area contributed by atoms with E-state index in [9.17, 15) is 4.79 Å². The highest BCUT2D eigenvalue weighted by Crippen LogP contribution is 2.29. The van der Waals surface area contributed by atoms with Crippen LogP contribution in [0.15, 0.2) is 86.6 Å². The number of rotatable bonds is 7. The fourth-order valence-electron chi connectivity index (χ4n) is 3.81. The van der Waals surface area contributed by atoms with Crippen molar-refractivity contribution in [3.8, 4) is 11.3 Å². The van der Waals surface area contributed by atoms with Crippen molar-refractivity contribution < 1.29 is 13.6 Å². The van der Waals surface area contributed by atoms with Crippen LogP contribution in [0.4, 0.5) is 17.4 Å². The minimum atomic E-state index is -0.152. The third-order valence-electron chi connectivity index (χ3n) is 5.44. The molecular weight excluding hydrogens is 442 g/mol. The number of hydrogen-bond donors (Lipinski definition) is 3. The lowest BCUT2D eigenvalue weighted by Crippen LogP contribution is -2.16. The van der Waals surface area contributed by atoms with E-state index in [2.05, 4.69) is 15.6 Å². The van der Waals surface area contributed by atoms with E-state index in [1.807, 2.05) is 79.7 Å². The largest absolute Gasteiger partial charge is 0.456 e. The van der Waals surface area contributed by atoms with Gasteiger partial charge in [-0.15, -0.1) is 0 Å². The highest BCUT2D eigenvalue weighted by molar-refractivity contribution is 5.93. The van der Waals surface area contributed by atoms with Crippen LogP contribution in [0.1, 0.15) is 13.3 Å². The van der Waals surface area contributed by atoms with Gasteiger partial charge >= 0.3 is 0 Å². The van der Waals surface area contributed by atoms with E-state index in [0.29, 0.717) is 39.7 Å². The highest BCUT2D eigenvalue weighted by atomic mass is 16.4. The third kappa shape index (κ3) is 4.78. The summed E-state index contributed by atoms with van der Waals surface area (Å²) in [5.74, 6) is 0.483. The summed E-state index contributed by atoms with van der Waals surface area (Å²) in [6.45, 7) is 2.99. The number of fused-ring (bicyclic) bond motifs is 2. The van der Waals surface area contributed by atoms with Crippen LogP contribution >= 0.6 is 0 Å². The number of nitrogens with zero attached hydrogens (tertiary/aromatic N) is 2. The van der Waals surface area contributed by atoms with Gasteiger partial charge in [0.25, 0.3) is 6.01 Å². The fourth-order valence-corrected chi connectivity index (χ4v) is 3.81. The Bertz CT molecular complexity index is 1590.